The summed E-state index contributed by atoms with van der Waals surface area (Å²) in [7, 11) is 0. The maximum absolute atomic E-state index is 14.1. The van der Waals surface area contributed by atoms with E-state index in [0.717, 1.165) is 10.9 Å². The van der Waals surface area contributed by atoms with Gasteiger partial charge in [0.1, 0.15) is 23.4 Å². The highest BCUT2D eigenvalue weighted by molar-refractivity contribution is 7.15. The van der Waals surface area contributed by atoms with E-state index in [0.29, 0.717) is 23.0 Å². The van der Waals surface area contributed by atoms with Gasteiger partial charge < -0.3 is 14.1 Å². The van der Waals surface area contributed by atoms with Crippen molar-refractivity contribution in [1.29, 1.82) is 0 Å². The summed E-state index contributed by atoms with van der Waals surface area (Å²) in [6.45, 7) is 2.65. The number of carbonyl (C=O) groups excluding carboxylic acids is 1. The number of thiazole rings is 1. The molecular weight excluding hydrogens is 374 g/mol. The van der Waals surface area contributed by atoms with Crippen LogP contribution in [0.3, 0.4) is 0 Å². The number of halogens is 2. The summed E-state index contributed by atoms with van der Waals surface area (Å²) in [4.78, 5) is 19.7. The molecule has 1 aliphatic heterocycles. The number of nitrogens with zero attached hydrogens (tertiary/aromatic N) is 2. The first-order chi connectivity index (χ1) is 13.0. The molecule has 1 unspecified atom stereocenters. The van der Waals surface area contributed by atoms with Crippen LogP contribution in [-0.4, -0.2) is 35.5 Å². The van der Waals surface area contributed by atoms with E-state index in [2.05, 4.69) is 4.98 Å². The minimum atomic E-state index is -0.681. The molecule has 1 saturated heterocycles. The third kappa shape index (κ3) is 3.50. The van der Waals surface area contributed by atoms with Gasteiger partial charge in [0.15, 0.2) is 10.8 Å². The van der Waals surface area contributed by atoms with E-state index in [-0.39, 0.29) is 24.6 Å². The van der Waals surface area contributed by atoms with Gasteiger partial charge in [-0.15, -0.1) is 11.3 Å². The number of hydrogen-bond donors (Lipinski definition) is 0. The Balaban J connectivity index is 1.55. The van der Waals surface area contributed by atoms with Crippen molar-refractivity contribution in [3.05, 3.63) is 64.4 Å². The third-order valence-corrected chi connectivity index (χ3v) is 5.38. The summed E-state index contributed by atoms with van der Waals surface area (Å²) < 4.78 is 38.2. The number of aromatic nitrogens is 1. The van der Waals surface area contributed by atoms with Gasteiger partial charge in [-0.25, -0.2) is 13.8 Å². The Hall–Kier alpha value is -2.58. The zero-order chi connectivity index (χ0) is 19.0. The highest BCUT2D eigenvalue weighted by Crippen LogP contribution is 2.30. The van der Waals surface area contributed by atoms with Crippen molar-refractivity contribution in [3.8, 4) is 10.8 Å². The minimum absolute atomic E-state index is 0.175. The Kier molecular flexibility index (Phi) is 4.75. The summed E-state index contributed by atoms with van der Waals surface area (Å²) in [6, 6.07) is 6.90. The lowest BCUT2D eigenvalue weighted by molar-refractivity contribution is -0.0245. The van der Waals surface area contributed by atoms with Crippen LogP contribution in [0.1, 0.15) is 27.0 Å². The summed E-state index contributed by atoms with van der Waals surface area (Å²) in [5, 5.41) is 0.634. The topological polar surface area (TPSA) is 55.6 Å². The molecule has 0 aliphatic carbocycles. The van der Waals surface area contributed by atoms with Crippen molar-refractivity contribution in [3.63, 3.8) is 0 Å². The number of rotatable bonds is 3. The van der Waals surface area contributed by atoms with Gasteiger partial charge in [-0.05, 0) is 25.1 Å². The van der Waals surface area contributed by atoms with E-state index >= 15 is 0 Å². The second kappa shape index (κ2) is 7.21. The van der Waals surface area contributed by atoms with Crippen molar-refractivity contribution in [2.24, 2.45) is 0 Å². The lowest BCUT2D eigenvalue weighted by Crippen LogP contribution is -2.42. The number of carbonyl (C=O) groups is 1. The molecule has 0 bridgehead atoms. The van der Waals surface area contributed by atoms with Gasteiger partial charge in [0.25, 0.3) is 5.91 Å². The zero-order valence-corrected chi connectivity index (χ0v) is 15.3. The number of benzene rings is 1. The fourth-order valence-corrected chi connectivity index (χ4v) is 3.91. The quantitative estimate of drug-likeness (QED) is 0.673. The van der Waals surface area contributed by atoms with Crippen LogP contribution in [0.25, 0.3) is 10.8 Å². The van der Waals surface area contributed by atoms with Crippen LogP contribution < -0.4 is 0 Å². The van der Waals surface area contributed by atoms with Gasteiger partial charge in [-0.1, -0.05) is 6.07 Å². The second-order valence-electron chi connectivity index (χ2n) is 6.18. The van der Waals surface area contributed by atoms with Gasteiger partial charge in [0.2, 0.25) is 0 Å². The highest BCUT2D eigenvalue weighted by atomic mass is 32.1. The molecule has 4 rings (SSSR count). The molecule has 1 amide bonds. The molecule has 8 heteroatoms. The second-order valence-corrected chi connectivity index (χ2v) is 7.38. The first kappa shape index (κ1) is 17.8. The maximum Gasteiger partial charge on any atom is 0.273 e. The van der Waals surface area contributed by atoms with Crippen LogP contribution in [0.2, 0.25) is 0 Å². The van der Waals surface area contributed by atoms with Crippen molar-refractivity contribution in [2.75, 3.05) is 19.7 Å². The fraction of sp³-hybridized carbons (Fsp3) is 0.263. The molecule has 1 aliphatic rings. The highest BCUT2D eigenvalue weighted by Gasteiger charge is 2.30. The van der Waals surface area contributed by atoms with E-state index in [1.807, 2.05) is 6.92 Å². The molecule has 3 aromatic rings. The Bertz CT molecular complexity index is 972. The van der Waals surface area contributed by atoms with Crippen LogP contribution in [0.4, 0.5) is 8.78 Å². The van der Waals surface area contributed by atoms with Gasteiger partial charge >= 0.3 is 0 Å². The van der Waals surface area contributed by atoms with Crippen molar-refractivity contribution in [2.45, 2.75) is 13.0 Å². The number of aryl methyl sites for hydroxylation is 1. The lowest BCUT2D eigenvalue weighted by atomic mass is 10.1. The SMILES string of the molecule is Cc1sc(-c2ccco2)nc1C(=O)N1CCOC(c2ccc(F)cc2F)C1. The molecule has 0 radical (unpaired) electrons. The van der Waals surface area contributed by atoms with Crippen LogP contribution in [0, 0.1) is 18.6 Å². The van der Waals surface area contributed by atoms with Crippen LogP contribution >= 0.6 is 11.3 Å². The van der Waals surface area contributed by atoms with Crippen LogP contribution in [0.5, 0.6) is 0 Å². The van der Waals surface area contributed by atoms with Crippen LogP contribution in [0.15, 0.2) is 41.0 Å². The normalized spacial score (nSPS) is 17.3. The van der Waals surface area contributed by atoms with E-state index in [1.54, 1.807) is 23.3 Å². The van der Waals surface area contributed by atoms with Crippen LogP contribution in [-0.2, 0) is 4.74 Å². The molecule has 1 aromatic carbocycles. The predicted molar refractivity (Wildman–Crippen MR) is 95.5 cm³/mol. The van der Waals surface area contributed by atoms with Gasteiger partial charge in [0, 0.05) is 23.1 Å². The Morgan fingerprint density at radius 1 is 1.33 bits per heavy atom. The number of amides is 1. The van der Waals surface area contributed by atoms with Crippen molar-refractivity contribution < 1.29 is 22.7 Å². The molecular formula is C19H16F2N2O3S. The van der Waals surface area contributed by atoms with Crippen molar-refractivity contribution in [1.82, 2.24) is 9.88 Å². The van der Waals surface area contributed by atoms with Crippen molar-refractivity contribution >= 4 is 17.2 Å². The predicted octanol–water partition coefficient (Wildman–Crippen LogP) is 4.20. The van der Waals surface area contributed by atoms with Gasteiger partial charge in [0.05, 0.1) is 19.4 Å². The molecule has 5 nitrogen and oxygen atoms in total. The molecule has 1 atom stereocenters. The molecule has 140 valence electrons. The Morgan fingerprint density at radius 3 is 2.93 bits per heavy atom. The number of furan rings is 1. The molecule has 0 spiro atoms. The van der Waals surface area contributed by atoms with E-state index < -0.39 is 17.7 Å². The lowest BCUT2D eigenvalue weighted by Gasteiger charge is -2.33. The average Bonchev–Trinajstić information content (AvgIpc) is 3.31. The summed E-state index contributed by atoms with van der Waals surface area (Å²) in [5.41, 5.74) is 0.590. The molecule has 27 heavy (non-hydrogen) atoms. The Labute approximate surface area is 158 Å². The number of ether oxygens (including phenoxy) is 1. The molecule has 0 saturated carbocycles. The molecule has 0 N–H and O–H groups in total. The van der Waals surface area contributed by atoms with E-state index in [9.17, 15) is 13.6 Å². The average molecular weight is 390 g/mol. The smallest absolute Gasteiger partial charge is 0.273 e. The largest absolute Gasteiger partial charge is 0.462 e. The van der Waals surface area contributed by atoms with Gasteiger partial charge in [-0.2, -0.15) is 0 Å². The Morgan fingerprint density at radius 2 is 2.19 bits per heavy atom. The summed E-state index contributed by atoms with van der Waals surface area (Å²) in [5.74, 6) is -0.962. The summed E-state index contributed by atoms with van der Waals surface area (Å²) in [6.07, 6.45) is 0.906. The van der Waals surface area contributed by atoms with E-state index in [1.165, 1.54) is 23.5 Å². The third-order valence-electron chi connectivity index (χ3n) is 4.39. The minimum Gasteiger partial charge on any atom is -0.462 e. The monoisotopic (exact) mass is 390 g/mol. The maximum atomic E-state index is 14.1. The molecule has 3 heterocycles. The zero-order valence-electron chi connectivity index (χ0n) is 14.4. The van der Waals surface area contributed by atoms with Gasteiger partial charge in [-0.3, -0.25) is 4.79 Å². The molecule has 2 aromatic heterocycles. The number of morpholine rings is 1. The van der Waals surface area contributed by atoms with E-state index in [4.69, 9.17) is 9.15 Å². The first-order valence-electron chi connectivity index (χ1n) is 8.40. The molecule has 1 fully saturated rings. The number of hydrogen-bond acceptors (Lipinski definition) is 5. The standard InChI is InChI=1S/C19H16F2N2O3S/c1-11-17(22-18(27-11)15-3-2-7-25-15)19(24)23-6-8-26-16(10-23)13-5-4-12(20)9-14(13)21/h2-5,7,9,16H,6,8,10H2,1H3. The first-order valence-corrected chi connectivity index (χ1v) is 9.21. The fourth-order valence-electron chi connectivity index (χ4n) is 3.03. The summed E-state index contributed by atoms with van der Waals surface area (Å²) >= 11 is 1.38.